The molecule has 4 nitrogen and oxygen atoms in total. The maximum absolute atomic E-state index is 12.4. The average molecular weight is 334 g/mol. The van der Waals surface area contributed by atoms with Crippen LogP contribution in [0.1, 0.15) is 65.7 Å². The van der Waals surface area contributed by atoms with Crippen LogP contribution in [0.25, 0.3) is 0 Å². The number of fused-ring (bicyclic) bond motifs is 4. The van der Waals surface area contributed by atoms with Crippen LogP contribution in [-0.2, 0) is 14.3 Å². The second-order valence-corrected chi connectivity index (χ2v) is 8.26. The molecule has 4 heteroatoms. The predicted molar refractivity (Wildman–Crippen MR) is 92.5 cm³/mol. The molecule has 5 atom stereocenters. The van der Waals surface area contributed by atoms with Crippen molar-refractivity contribution in [2.24, 2.45) is 5.92 Å². The first-order valence-corrected chi connectivity index (χ1v) is 9.17. The quantitative estimate of drug-likeness (QED) is 0.318. The van der Waals surface area contributed by atoms with E-state index in [2.05, 4.69) is 26.5 Å². The molecular weight excluding hydrogens is 304 g/mol. The van der Waals surface area contributed by atoms with Crippen molar-refractivity contribution in [1.82, 2.24) is 0 Å². The number of carbonyl (C=O) groups excluding carboxylic acids is 1. The topological polar surface area (TPSA) is 59.1 Å². The molecule has 2 aliphatic heterocycles. The number of allylic oxidation sites excluding steroid dienone is 2. The van der Waals surface area contributed by atoms with Gasteiger partial charge in [0.1, 0.15) is 5.60 Å². The third-order valence-electron chi connectivity index (χ3n) is 6.25. The van der Waals surface area contributed by atoms with Crippen molar-refractivity contribution in [1.29, 1.82) is 0 Å². The van der Waals surface area contributed by atoms with Crippen molar-refractivity contribution in [3.63, 3.8) is 0 Å². The van der Waals surface area contributed by atoms with Crippen LogP contribution in [0.15, 0.2) is 23.8 Å². The van der Waals surface area contributed by atoms with Crippen LogP contribution in [0.2, 0.25) is 0 Å². The van der Waals surface area contributed by atoms with Gasteiger partial charge in [-0.05, 0) is 71.6 Å². The van der Waals surface area contributed by atoms with Gasteiger partial charge >= 0.3 is 5.97 Å². The third-order valence-corrected chi connectivity index (χ3v) is 6.25. The molecule has 2 bridgehead atoms. The largest absolute Gasteiger partial charge is 0.453 e. The molecule has 2 saturated heterocycles. The second-order valence-electron chi connectivity index (χ2n) is 8.26. The number of rotatable bonds is 0. The lowest BCUT2D eigenvalue weighted by Crippen LogP contribution is -2.43. The normalized spacial score (nSPS) is 46.2. The van der Waals surface area contributed by atoms with E-state index in [0.29, 0.717) is 18.4 Å². The van der Waals surface area contributed by atoms with Crippen LogP contribution in [-0.4, -0.2) is 34.5 Å². The summed E-state index contributed by atoms with van der Waals surface area (Å²) in [6.45, 7) is 10.1. The van der Waals surface area contributed by atoms with Gasteiger partial charge in [0.05, 0.1) is 17.8 Å². The Morgan fingerprint density at radius 3 is 2.75 bits per heavy atom. The molecule has 134 valence electrons. The third kappa shape index (κ3) is 3.45. The summed E-state index contributed by atoms with van der Waals surface area (Å²) < 4.78 is 11.7. The first-order valence-electron chi connectivity index (χ1n) is 9.17. The lowest BCUT2D eigenvalue weighted by molar-refractivity contribution is -0.165. The Morgan fingerprint density at radius 2 is 2.00 bits per heavy atom. The van der Waals surface area contributed by atoms with E-state index in [9.17, 15) is 9.90 Å². The smallest absolute Gasteiger partial charge is 0.334 e. The predicted octanol–water partition coefficient (Wildman–Crippen LogP) is 3.68. The molecule has 0 radical (unpaired) electrons. The Kier molecular flexibility index (Phi) is 4.65. The number of esters is 1. The summed E-state index contributed by atoms with van der Waals surface area (Å²) in [7, 11) is 0. The van der Waals surface area contributed by atoms with Crippen molar-refractivity contribution in [3.05, 3.63) is 23.8 Å². The molecule has 3 aliphatic rings. The lowest BCUT2D eigenvalue weighted by Gasteiger charge is -2.33. The molecule has 0 aromatic carbocycles. The molecule has 0 unspecified atom stereocenters. The summed E-state index contributed by atoms with van der Waals surface area (Å²) in [4.78, 5) is 12.4. The van der Waals surface area contributed by atoms with E-state index in [4.69, 9.17) is 9.47 Å². The maximum atomic E-state index is 12.4. The van der Waals surface area contributed by atoms with E-state index in [0.717, 1.165) is 32.1 Å². The Hall–Kier alpha value is -1.13. The number of carbonyl (C=O) groups is 1. The van der Waals surface area contributed by atoms with Gasteiger partial charge in [0.15, 0.2) is 0 Å². The van der Waals surface area contributed by atoms with Gasteiger partial charge in [-0.2, -0.15) is 0 Å². The fraction of sp³-hybridized carbons (Fsp3) is 0.750. The number of epoxide rings is 1. The minimum absolute atomic E-state index is 0.0692. The fourth-order valence-corrected chi connectivity index (χ4v) is 4.07. The maximum Gasteiger partial charge on any atom is 0.334 e. The number of aliphatic hydroxyl groups excluding tert-OH is 1. The zero-order chi connectivity index (χ0) is 17.5. The molecule has 0 aromatic rings. The minimum atomic E-state index is -0.827. The number of hydrogen-bond acceptors (Lipinski definition) is 4. The van der Waals surface area contributed by atoms with Gasteiger partial charge in [-0.25, -0.2) is 4.79 Å². The monoisotopic (exact) mass is 334 g/mol. The number of aliphatic hydroxyl groups is 1. The summed E-state index contributed by atoms with van der Waals surface area (Å²) in [5.74, 6) is -0.276. The highest BCUT2D eigenvalue weighted by Crippen LogP contribution is 2.47. The molecule has 2 fully saturated rings. The molecular formula is C20H30O4. The fourth-order valence-electron chi connectivity index (χ4n) is 4.07. The summed E-state index contributed by atoms with van der Waals surface area (Å²) in [6.07, 6.45) is 7.51. The summed E-state index contributed by atoms with van der Waals surface area (Å²) in [5.41, 5.74) is 0.915. The van der Waals surface area contributed by atoms with Crippen LogP contribution >= 0.6 is 0 Å². The van der Waals surface area contributed by atoms with E-state index < -0.39 is 11.7 Å². The molecule has 0 aromatic heterocycles. The number of hydrogen-bond donors (Lipinski definition) is 1. The minimum Gasteiger partial charge on any atom is -0.453 e. The Morgan fingerprint density at radius 1 is 1.25 bits per heavy atom. The van der Waals surface area contributed by atoms with Gasteiger partial charge < -0.3 is 14.6 Å². The summed E-state index contributed by atoms with van der Waals surface area (Å²) in [5, 5.41) is 10.7. The van der Waals surface area contributed by atoms with E-state index in [-0.39, 0.29) is 23.6 Å². The molecule has 1 N–H and O–H groups in total. The van der Waals surface area contributed by atoms with Crippen molar-refractivity contribution >= 4 is 5.97 Å². The van der Waals surface area contributed by atoms with Gasteiger partial charge in [-0.1, -0.05) is 18.2 Å². The SMILES string of the molecule is C=C1C(=O)O[C@]2(C)CC[C@@H]1C[C@H]1O[C@@]1(C)CC/C=C(\C)CC[C@H]2O. The molecule has 0 spiro atoms. The Labute approximate surface area is 144 Å². The molecule has 24 heavy (non-hydrogen) atoms. The van der Waals surface area contributed by atoms with Gasteiger partial charge in [0.2, 0.25) is 0 Å². The van der Waals surface area contributed by atoms with Crippen LogP contribution in [0.3, 0.4) is 0 Å². The first kappa shape index (κ1) is 17.7. The van der Waals surface area contributed by atoms with Crippen molar-refractivity contribution in [2.75, 3.05) is 0 Å². The standard InChI is InChI=1S/C20H30O4/c1-13-6-5-10-20(4)17(23-20)12-15-9-11-19(3,16(21)8-7-13)24-18(22)14(15)2/h6,15-17,21H,2,5,7-12H2,1,3-4H3/b13-6+/t15-,16-,17-,19-,20+/m1/s1. The zero-order valence-corrected chi connectivity index (χ0v) is 15.1. The lowest BCUT2D eigenvalue weighted by atomic mass is 9.82. The first-order chi connectivity index (χ1) is 11.2. The van der Waals surface area contributed by atoms with E-state index in [1.54, 1.807) is 0 Å². The molecule has 0 saturated carbocycles. The molecule has 1 aliphatic carbocycles. The summed E-state index contributed by atoms with van der Waals surface area (Å²) in [6, 6.07) is 0. The van der Waals surface area contributed by atoms with Gasteiger partial charge in [-0.15, -0.1) is 0 Å². The van der Waals surface area contributed by atoms with Crippen LogP contribution in [0.5, 0.6) is 0 Å². The van der Waals surface area contributed by atoms with E-state index in [1.807, 2.05) is 6.92 Å². The summed E-state index contributed by atoms with van der Waals surface area (Å²) >= 11 is 0. The number of ether oxygens (including phenoxy) is 2. The van der Waals surface area contributed by atoms with Gasteiger partial charge in [0.25, 0.3) is 0 Å². The van der Waals surface area contributed by atoms with Crippen molar-refractivity contribution in [3.8, 4) is 0 Å². The Bertz CT molecular complexity index is 566. The average Bonchev–Trinajstić information content (AvgIpc) is 3.18. The highest BCUT2D eigenvalue weighted by atomic mass is 16.6. The van der Waals surface area contributed by atoms with Crippen LogP contribution < -0.4 is 0 Å². The molecule has 3 rings (SSSR count). The molecule has 2 heterocycles. The van der Waals surface area contributed by atoms with Crippen LogP contribution in [0.4, 0.5) is 0 Å². The van der Waals surface area contributed by atoms with Crippen molar-refractivity contribution in [2.45, 2.75) is 89.1 Å². The van der Waals surface area contributed by atoms with Crippen molar-refractivity contribution < 1.29 is 19.4 Å². The van der Waals surface area contributed by atoms with Crippen LogP contribution in [0, 0.1) is 5.92 Å². The van der Waals surface area contributed by atoms with E-state index >= 15 is 0 Å². The van der Waals surface area contributed by atoms with Gasteiger partial charge in [0, 0.05) is 5.57 Å². The van der Waals surface area contributed by atoms with E-state index in [1.165, 1.54) is 5.57 Å². The zero-order valence-electron chi connectivity index (χ0n) is 15.1. The highest BCUT2D eigenvalue weighted by molar-refractivity contribution is 5.89. The second kappa shape index (κ2) is 6.30. The Balaban J connectivity index is 1.85. The van der Waals surface area contributed by atoms with Gasteiger partial charge in [-0.3, -0.25) is 0 Å². The highest BCUT2D eigenvalue weighted by Gasteiger charge is 2.53. The molecule has 0 amide bonds.